The van der Waals surface area contributed by atoms with E-state index in [1.54, 1.807) is 30.3 Å². The SMILES string of the molecule is O=C(NC(=S)Nc1ccc(Cl)cc1-c1ccccc1)c1ccccc1. The molecule has 0 aliphatic rings. The lowest BCUT2D eigenvalue weighted by Gasteiger charge is -2.14. The average molecular weight is 367 g/mol. The quantitative estimate of drug-likeness (QED) is 0.631. The molecule has 5 heteroatoms. The van der Waals surface area contributed by atoms with Crippen LogP contribution in [0.3, 0.4) is 0 Å². The summed E-state index contributed by atoms with van der Waals surface area (Å²) in [6.07, 6.45) is 0. The van der Waals surface area contributed by atoms with Crippen LogP contribution in [0.5, 0.6) is 0 Å². The highest BCUT2D eigenvalue weighted by Gasteiger charge is 2.10. The van der Waals surface area contributed by atoms with Crippen LogP contribution in [-0.4, -0.2) is 11.0 Å². The first-order valence-corrected chi connectivity index (χ1v) is 8.44. The number of amides is 1. The van der Waals surface area contributed by atoms with Crippen molar-refractivity contribution in [2.45, 2.75) is 0 Å². The maximum absolute atomic E-state index is 12.2. The molecule has 0 saturated heterocycles. The molecule has 3 aromatic carbocycles. The van der Waals surface area contributed by atoms with Gasteiger partial charge in [0.2, 0.25) is 0 Å². The smallest absolute Gasteiger partial charge is 0.257 e. The predicted octanol–water partition coefficient (Wildman–Crippen LogP) is 5.13. The Balaban J connectivity index is 1.79. The van der Waals surface area contributed by atoms with Gasteiger partial charge in [0.05, 0.1) is 0 Å². The Hall–Kier alpha value is -2.69. The van der Waals surface area contributed by atoms with Gasteiger partial charge in [-0.05, 0) is 48.1 Å². The van der Waals surface area contributed by atoms with Gasteiger partial charge in [-0.15, -0.1) is 0 Å². The highest BCUT2D eigenvalue weighted by molar-refractivity contribution is 7.80. The van der Waals surface area contributed by atoms with Crippen molar-refractivity contribution >= 4 is 40.5 Å². The number of carbonyl (C=O) groups is 1. The second kappa shape index (κ2) is 7.92. The molecule has 3 nitrogen and oxygen atoms in total. The first kappa shape index (κ1) is 17.1. The van der Waals surface area contributed by atoms with Gasteiger partial charge < -0.3 is 5.32 Å². The van der Waals surface area contributed by atoms with Gasteiger partial charge in [0, 0.05) is 21.8 Å². The normalized spacial score (nSPS) is 10.1. The van der Waals surface area contributed by atoms with E-state index in [0.29, 0.717) is 10.6 Å². The van der Waals surface area contributed by atoms with E-state index in [9.17, 15) is 4.79 Å². The van der Waals surface area contributed by atoms with Crippen LogP contribution in [0.15, 0.2) is 78.9 Å². The van der Waals surface area contributed by atoms with E-state index >= 15 is 0 Å². The third-order valence-corrected chi connectivity index (χ3v) is 4.02. The van der Waals surface area contributed by atoms with Crippen molar-refractivity contribution in [3.63, 3.8) is 0 Å². The highest BCUT2D eigenvalue weighted by atomic mass is 35.5. The van der Waals surface area contributed by atoms with Gasteiger partial charge in [-0.3, -0.25) is 10.1 Å². The van der Waals surface area contributed by atoms with Crippen molar-refractivity contribution in [2.75, 3.05) is 5.32 Å². The fourth-order valence-electron chi connectivity index (χ4n) is 2.40. The van der Waals surface area contributed by atoms with E-state index in [2.05, 4.69) is 10.6 Å². The Morgan fingerprint density at radius 3 is 2.20 bits per heavy atom. The van der Waals surface area contributed by atoms with Gasteiger partial charge in [-0.1, -0.05) is 60.1 Å². The number of halogens is 1. The Labute approximate surface area is 156 Å². The summed E-state index contributed by atoms with van der Waals surface area (Å²) in [5, 5.41) is 6.62. The molecule has 2 N–H and O–H groups in total. The second-order valence-electron chi connectivity index (χ2n) is 5.33. The van der Waals surface area contributed by atoms with E-state index in [1.807, 2.05) is 48.5 Å². The van der Waals surface area contributed by atoms with Crippen molar-refractivity contribution < 1.29 is 4.79 Å². The zero-order valence-electron chi connectivity index (χ0n) is 13.2. The molecule has 0 unspecified atom stereocenters. The van der Waals surface area contributed by atoms with Crippen LogP contribution in [-0.2, 0) is 0 Å². The van der Waals surface area contributed by atoms with Crippen LogP contribution in [0.2, 0.25) is 5.02 Å². The van der Waals surface area contributed by atoms with Crippen molar-refractivity contribution in [1.82, 2.24) is 5.32 Å². The maximum Gasteiger partial charge on any atom is 0.257 e. The second-order valence-corrected chi connectivity index (χ2v) is 6.17. The molecule has 0 radical (unpaired) electrons. The molecule has 1 amide bonds. The van der Waals surface area contributed by atoms with Gasteiger partial charge >= 0.3 is 0 Å². The summed E-state index contributed by atoms with van der Waals surface area (Å²) in [5.74, 6) is -0.256. The molecule has 0 fully saturated rings. The van der Waals surface area contributed by atoms with Crippen LogP contribution in [0.25, 0.3) is 11.1 Å². The summed E-state index contributed by atoms with van der Waals surface area (Å²) in [6, 6.07) is 24.2. The van der Waals surface area contributed by atoms with Crippen molar-refractivity contribution in [2.24, 2.45) is 0 Å². The third kappa shape index (κ3) is 4.44. The van der Waals surface area contributed by atoms with Crippen molar-refractivity contribution in [3.05, 3.63) is 89.4 Å². The highest BCUT2D eigenvalue weighted by Crippen LogP contribution is 2.30. The lowest BCUT2D eigenvalue weighted by atomic mass is 10.0. The fourth-order valence-corrected chi connectivity index (χ4v) is 2.78. The van der Waals surface area contributed by atoms with E-state index in [4.69, 9.17) is 23.8 Å². The maximum atomic E-state index is 12.2. The average Bonchev–Trinajstić information content (AvgIpc) is 2.64. The Morgan fingerprint density at radius 1 is 0.880 bits per heavy atom. The monoisotopic (exact) mass is 366 g/mol. The Morgan fingerprint density at radius 2 is 1.52 bits per heavy atom. The Bertz CT molecular complexity index is 898. The molecule has 0 spiro atoms. The minimum absolute atomic E-state index is 0.230. The topological polar surface area (TPSA) is 41.1 Å². The van der Waals surface area contributed by atoms with Gasteiger partial charge in [0.15, 0.2) is 5.11 Å². The van der Waals surface area contributed by atoms with Gasteiger partial charge in [0.25, 0.3) is 5.91 Å². The molecule has 0 bridgehead atoms. The number of anilines is 1. The van der Waals surface area contributed by atoms with Gasteiger partial charge in [0.1, 0.15) is 0 Å². The number of rotatable bonds is 3. The van der Waals surface area contributed by atoms with Crippen LogP contribution in [0, 0.1) is 0 Å². The van der Waals surface area contributed by atoms with E-state index < -0.39 is 0 Å². The summed E-state index contributed by atoms with van der Waals surface area (Å²) in [6.45, 7) is 0. The number of hydrogen-bond acceptors (Lipinski definition) is 2. The summed E-state index contributed by atoms with van der Waals surface area (Å²) >= 11 is 11.4. The van der Waals surface area contributed by atoms with Crippen molar-refractivity contribution in [1.29, 1.82) is 0 Å². The van der Waals surface area contributed by atoms with E-state index in [-0.39, 0.29) is 11.0 Å². The molecular weight excluding hydrogens is 352 g/mol. The van der Waals surface area contributed by atoms with Crippen LogP contribution < -0.4 is 10.6 Å². The zero-order valence-corrected chi connectivity index (χ0v) is 14.8. The van der Waals surface area contributed by atoms with Gasteiger partial charge in [-0.25, -0.2) is 0 Å². The predicted molar refractivity (Wildman–Crippen MR) is 107 cm³/mol. The largest absolute Gasteiger partial charge is 0.332 e. The standard InChI is InChI=1S/C20H15ClN2OS/c21-16-11-12-18(17(13-16)14-7-3-1-4-8-14)22-20(25)23-19(24)15-9-5-2-6-10-15/h1-13H,(H2,22,23,24,25). The zero-order chi connectivity index (χ0) is 17.6. The molecular formula is C20H15ClN2OS. The molecule has 0 aromatic heterocycles. The fraction of sp³-hybridized carbons (Fsp3) is 0. The number of benzene rings is 3. The first-order valence-electron chi connectivity index (χ1n) is 7.66. The summed E-state index contributed by atoms with van der Waals surface area (Å²) in [4.78, 5) is 12.2. The number of carbonyl (C=O) groups excluding carboxylic acids is 1. The first-order chi connectivity index (χ1) is 12.1. The molecule has 0 saturated carbocycles. The molecule has 124 valence electrons. The van der Waals surface area contributed by atoms with Crippen LogP contribution >= 0.6 is 23.8 Å². The minimum atomic E-state index is -0.256. The summed E-state index contributed by atoms with van der Waals surface area (Å²) in [7, 11) is 0. The Kier molecular flexibility index (Phi) is 5.43. The van der Waals surface area contributed by atoms with Crippen LogP contribution in [0.4, 0.5) is 5.69 Å². The number of nitrogens with one attached hydrogen (secondary N) is 2. The third-order valence-electron chi connectivity index (χ3n) is 3.58. The molecule has 0 heterocycles. The number of hydrogen-bond donors (Lipinski definition) is 2. The van der Waals surface area contributed by atoms with Crippen molar-refractivity contribution in [3.8, 4) is 11.1 Å². The molecule has 3 rings (SSSR count). The molecule has 0 atom stereocenters. The lowest BCUT2D eigenvalue weighted by Crippen LogP contribution is -2.34. The lowest BCUT2D eigenvalue weighted by molar-refractivity contribution is 0.0977. The van der Waals surface area contributed by atoms with E-state index in [1.165, 1.54) is 0 Å². The van der Waals surface area contributed by atoms with Gasteiger partial charge in [-0.2, -0.15) is 0 Å². The number of thiocarbonyl (C=S) groups is 1. The minimum Gasteiger partial charge on any atom is -0.332 e. The molecule has 0 aliphatic heterocycles. The molecule has 0 aliphatic carbocycles. The molecule has 25 heavy (non-hydrogen) atoms. The van der Waals surface area contributed by atoms with E-state index in [0.717, 1.165) is 16.8 Å². The van der Waals surface area contributed by atoms with Crippen LogP contribution in [0.1, 0.15) is 10.4 Å². The molecule has 3 aromatic rings. The summed E-state index contributed by atoms with van der Waals surface area (Å²) in [5.41, 5.74) is 3.23. The summed E-state index contributed by atoms with van der Waals surface area (Å²) < 4.78 is 0.